The highest BCUT2D eigenvalue weighted by Crippen LogP contribution is 2.26. The van der Waals surface area contributed by atoms with Crippen LogP contribution in [0.5, 0.6) is 0 Å². The molecule has 1 aromatic heterocycles. The molecule has 0 spiro atoms. The molecule has 0 N–H and O–H groups in total. The molecule has 1 aliphatic heterocycles. The Labute approximate surface area is 111 Å². The molecule has 0 atom stereocenters. The van der Waals surface area contributed by atoms with Crippen LogP contribution in [-0.4, -0.2) is 48.1 Å². The van der Waals surface area contributed by atoms with Gasteiger partial charge in [-0.3, -0.25) is 0 Å². The van der Waals surface area contributed by atoms with Crippen molar-refractivity contribution in [3.05, 3.63) is 22.7 Å². The van der Waals surface area contributed by atoms with Crippen molar-refractivity contribution in [3.8, 4) is 0 Å². The van der Waals surface area contributed by atoms with E-state index in [1.54, 1.807) is 0 Å². The molecule has 98 valence electrons. The Bertz CT molecular complexity index is 445. The highest BCUT2D eigenvalue weighted by Gasteiger charge is 2.22. The van der Waals surface area contributed by atoms with Gasteiger partial charge in [-0.15, -0.1) is 0 Å². The van der Waals surface area contributed by atoms with E-state index in [0.717, 1.165) is 31.8 Å². The van der Waals surface area contributed by atoms with Gasteiger partial charge in [-0.1, -0.05) is 11.6 Å². The summed E-state index contributed by atoms with van der Waals surface area (Å²) in [4.78, 5) is 22.1. The summed E-state index contributed by atoms with van der Waals surface area (Å²) in [6, 6.07) is 0. The Kier molecular flexibility index (Phi) is 4.14. The van der Waals surface area contributed by atoms with Gasteiger partial charge < -0.3 is 9.64 Å². The molecule has 0 aliphatic carbocycles. The fraction of sp³-hybridized carbons (Fsp3) is 0.583. The molecule has 1 fully saturated rings. The van der Waals surface area contributed by atoms with Crippen LogP contribution in [0.15, 0.2) is 6.20 Å². The first-order chi connectivity index (χ1) is 8.61. The molecular formula is C12H16ClN3O2. The van der Waals surface area contributed by atoms with Gasteiger partial charge in [0.25, 0.3) is 0 Å². The van der Waals surface area contributed by atoms with E-state index in [4.69, 9.17) is 11.6 Å². The number of ether oxygens (including phenoxy) is 1. The standard InChI is InChI=1S/C12H16ClN3O2/c1-16-5-3-8(4-6-16)11-14-7-9(10(13)15-11)12(17)18-2/h7-8H,3-6H2,1-2H3. The Hall–Kier alpha value is -1.20. The Morgan fingerprint density at radius 3 is 2.72 bits per heavy atom. The van der Waals surface area contributed by atoms with Crippen LogP contribution in [0.1, 0.15) is 34.9 Å². The van der Waals surface area contributed by atoms with Crippen molar-refractivity contribution < 1.29 is 9.53 Å². The lowest BCUT2D eigenvalue weighted by Gasteiger charge is -2.27. The van der Waals surface area contributed by atoms with Gasteiger partial charge in [0.1, 0.15) is 16.5 Å². The number of hydrogen-bond acceptors (Lipinski definition) is 5. The van der Waals surface area contributed by atoms with Gasteiger partial charge in [-0.05, 0) is 33.0 Å². The minimum Gasteiger partial charge on any atom is -0.465 e. The second-order valence-corrected chi connectivity index (χ2v) is 4.86. The van der Waals surface area contributed by atoms with Crippen LogP contribution in [0.2, 0.25) is 5.15 Å². The van der Waals surface area contributed by atoms with Crippen LogP contribution in [0, 0.1) is 0 Å². The number of halogens is 1. The van der Waals surface area contributed by atoms with Gasteiger partial charge in [0.2, 0.25) is 0 Å². The molecule has 1 aromatic rings. The van der Waals surface area contributed by atoms with E-state index >= 15 is 0 Å². The van der Waals surface area contributed by atoms with Crippen molar-refractivity contribution in [1.29, 1.82) is 0 Å². The molecule has 0 bridgehead atoms. The summed E-state index contributed by atoms with van der Waals surface area (Å²) >= 11 is 5.99. The third-order valence-electron chi connectivity index (χ3n) is 3.25. The van der Waals surface area contributed by atoms with Crippen molar-refractivity contribution in [3.63, 3.8) is 0 Å². The zero-order valence-corrected chi connectivity index (χ0v) is 11.3. The van der Waals surface area contributed by atoms with E-state index in [1.807, 2.05) is 0 Å². The average molecular weight is 270 g/mol. The van der Waals surface area contributed by atoms with Crippen LogP contribution in [0.4, 0.5) is 0 Å². The number of carbonyl (C=O) groups is 1. The molecule has 2 heterocycles. The number of rotatable bonds is 2. The molecule has 6 heteroatoms. The number of methoxy groups -OCH3 is 1. The van der Waals surface area contributed by atoms with E-state index in [9.17, 15) is 4.79 Å². The summed E-state index contributed by atoms with van der Waals surface area (Å²) in [6.07, 6.45) is 3.49. The molecule has 0 amide bonds. The van der Waals surface area contributed by atoms with E-state index < -0.39 is 5.97 Å². The predicted octanol–water partition coefficient (Wildman–Crippen LogP) is 1.73. The Balaban J connectivity index is 2.16. The molecule has 5 nitrogen and oxygen atoms in total. The highest BCUT2D eigenvalue weighted by atomic mass is 35.5. The molecule has 1 saturated heterocycles. The lowest BCUT2D eigenvalue weighted by atomic mass is 9.96. The Morgan fingerprint density at radius 2 is 2.17 bits per heavy atom. The molecule has 0 radical (unpaired) electrons. The summed E-state index contributed by atoms with van der Waals surface area (Å²) < 4.78 is 4.61. The van der Waals surface area contributed by atoms with Gasteiger partial charge >= 0.3 is 5.97 Å². The van der Waals surface area contributed by atoms with Gasteiger partial charge in [-0.25, -0.2) is 14.8 Å². The molecule has 0 saturated carbocycles. The van der Waals surface area contributed by atoms with Crippen LogP contribution in [0.25, 0.3) is 0 Å². The van der Waals surface area contributed by atoms with E-state index in [-0.39, 0.29) is 10.7 Å². The van der Waals surface area contributed by atoms with Crippen molar-refractivity contribution in [2.75, 3.05) is 27.2 Å². The summed E-state index contributed by atoms with van der Waals surface area (Å²) in [6.45, 7) is 2.06. The first-order valence-corrected chi connectivity index (χ1v) is 6.29. The van der Waals surface area contributed by atoms with E-state index in [2.05, 4.69) is 26.7 Å². The largest absolute Gasteiger partial charge is 0.465 e. The number of carbonyl (C=O) groups excluding carboxylic acids is 1. The first-order valence-electron chi connectivity index (χ1n) is 5.91. The fourth-order valence-corrected chi connectivity index (χ4v) is 2.30. The zero-order valence-electron chi connectivity index (χ0n) is 10.5. The second-order valence-electron chi connectivity index (χ2n) is 4.50. The SMILES string of the molecule is COC(=O)c1cnc(C2CCN(C)CC2)nc1Cl. The summed E-state index contributed by atoms with van der Waals surface area (Å²) in [7, 11) is 3.41. The number of nitrogens with zero attached hydrogens (tertiary/aromatic N) is 3. The molecule has 2 rings (SSSR count). The monoisotopic (exact) mass is 269 g/mol. The number of aromatic nitrogens is 2. The molecule has 0 unspecified atom stereocenters. The summed E-state index contributed by atoms with van der Waals surface area (Å²) in [5.41, 5.74) is 0.218. The van der Waals surface area contributed by atoms with Gasteiger partial charge in [0.05, 0.1) is 7.11 Å². The van der Waals surface area contributed by atoms with Crippen LogP contribution in [-0.2, 0) is 4.74 Å². The van der Waals surface area contributed by atoms with Crippen molar-refractivity contribution in [2.45, 2.75) is 18.8 Å². The molecule has 0 aromatic carbocycles. The zero-order chi connectivity index (χ0) is 13.1. The maximum absolute atomic E-state index is 11.4. The summed E-state index contributed by atoms with van der Waals surface area (Å²) in [5.74, 6) is 0.543. The normalized spacial score (nSPS) is 17.7. The smallest absolute Gasteiger partial charge is 0.342 e. The van der Waals surface area contributed by atoms with E-state index in [0.29, 0.717) is 5.92 Å². The van der Waals surface area contributed by atoms with Crippen LogP contribution >= 0.6 is 11.6 Å². The number of hydrogen-bond donors (Lipinski definition) is 0. The number of likely N-dealkylation sites (tertiary alicyclic amines) is 1. The van der Waals surface area contributed by atoms with Gasteiger partial charge in [-0.2, -0.15) is 0 Å². The minimum absolute atomic E-state index is 0.172. The maximum atomic E-state index is 11.4. The lowest BCUT2D eigenvalue weighted by molar-refractivity contribution is 0.0600. The first kappa shape index (κ1) is 13.2. The number of esters is 1. The molecule has 18 heavy (non-hydrogen) atoms. The topological polar surface area (TPSA) is 55.3 Å². The molecule has 1 aliphatic rings. The third kappa shape index (κ3) is 2.79. The van der Waals surface area contributed by atoms with Crippen molar-refractivity contribution in [2.24, 2.45) is 0 Å². The number of piperidine rings is 1. The highest BCUT2D eigenvalue weighted by molar-refractivity contribution is 6.32. The summed E-state index contributed by atoms with van der Waals surface area (Å²) in [5, 5.41) is 0.172. The van der Waals surface area contributed by atoms with Crippen molar-refractivity contribution >= 4 is 17.6 Å². The van der Waals surface area contributed by atoms with Crippen LogP contribution in [0.3, 0.4) is 0 Å². The fourth-order valence-electron chi connectivity index (χ4n) is 2.08. The van der Waals surface area contributed by atoms with E-state index in [1.165, 1.54) is 13.3 Å². The molecular weight excluding hydrogens is 254 g/mol. The van der Waals surface area contributed by atoms with Gasteiger partial charge in [0, 0.05) is 12.1 Å². The quantitative estimate of drug-likeness (QED) is 0.604. The maximum Gasteiger partial charge on any atom is 0.342 e. The van der Waals surface area contributed by atoms with Crippen LogP contribution < -0.4 is 0 Å². The van der Waals surface area contributed by atoms with Gasteiger partial charge in [0.15, 0.2) is 0 Å². The van der Waals surface area contributed by atoms with Crippen molar-refractivity contribution in [1.82, 2.24) is 14.9 Å². The third-order valence-corrected chi connectivity index (χ3v) is 3.54. The minimum atomic E-state index is -0.505. The second kappa shape index (κ2) is 5.63. The average Bonchev–Trinajstić information content (AvgIpc) is 2.38. The Morgan fingerprint density at radius 1 is 1.50 bits per heavy atom. The predicted molar refractivity (Wildman–Crippen MR) is 67.9 cm³/mol. The lowest BCUT2D eigenvalue weighted by Crippen LogP contribution is -2.30.